The van der Waals surface area contributed by atoms with Crippen molar-refractivity contribution in [2.24, 2.45) is 0 Å². The number of hydrogen-bond donors (Lipinski definition) is 0. The van der Waals surface area contributed by atoms with E-state index in [-0.39, 0.29) is 5.88 Å². The second kappa shape index (κ2) is 4.90. The third-order valence-corrected chi connectivity index (χ3v) is 6.56. The van der Waals surface area contributed by atoms with Crippen molar-refractivity contribution in [3.05, 3.63) is 34.5 Å². The van der Waals surface area contributed by atoms with E-state index in [2.05, 4.69) is 4.98 Å². The maximum atomic E-state index is 12.6. The SMILES string of the molecule is O=S(=O)(c1ccsc1CCl)N1CCn2ccnc2C1. The standard InChI is InChI=1S/C11H12ClN3O2S2/c12-7-9-10(1-6-18-9)19(16,17)15-5-4-14-3-2-13-11(14)8-15/h1-3,6H,4-5,7-8H2. The Morgan fingerprint density at radius 3 is 3.05 bits per heavy atom. The third kappa shape index (κ3) is 2.20. The summed E-state index contributed by atoms with van der Waals surface area (Å²) >= 11 is 7.16. The van der Waals surface area contributed by atoms with Crippen LogP contribution in [0.4, 0.5) is 0 Å². The number of sulfonamides is 1. The van der Waals surface area contributed by atoms with Crippen molar-refractivity contribution in [2.75, 3.05) is 6.54 Å². The monoisotopic (exact) mass is 317 g/mol. The maximum absolute atomic E-state index is 12.6. The zero-order valence-electron chi connectivity index (χ0n) is 9.99. The fourth-order valence-electron chi connectivity index (χ4n) is 2.15. The summed E-state index contributed by atoms with van der Waals surface area (Å²) in [5, 5.41) is 1.76. The van der Waals surface area contributed by atoms with Crippen LogP contribution in [0.5, 0.6) is 0 Å². The Morgan fingerprint density at radius 1 is 1.42 bits per heavy atom. The molecule has 0 amide bonds. The molecule has 1 aliphatic rings. The minimum Gasteiger partial charge on any atom is -0.333 e. The van der Waals surface area contributed by atoms with E-state index in [0.717, 1.165) is 5.82 Å². The molecule has 0 atom stereocenters. The highest BCUT2D eigenvalue weighted by atomic mass is 35.5. The molecule has 3 rings (SSSR count). The van der Waals surface area contributed by atoms with Crippen LogP contribution in [-0.4, -0.2) is 28.8 Å². The van der Waals surface area contributed by atoms with Crippen molar-refractivity contribution in [1.82, 2.24) is 13.9 Å². The Kier molecular flexibility index (Phi) is 3.38. The molecule has 0 N–H and O–H groups in total. The molecule has 0 unspecified atom stereocenters. The highest BCUT2D eigenvalue weighted by Crippen LogP contribution is 2.28. The zero-order chi connectivity index (χ0) is 13.5. The number of aromatic nitrogens is 2. The molecular weight excluding hydrogens is 306 g/mol. The van der Waals surface area contributed by atoms with Crippen molar-refractivity contribution >= 4 is 33.0 Å². The molecule has 102 valence electrons. The van der Waals surface area contributed by atoms with E-state index in [1.807, 2.05) is 10.8 Å². The number of imidazole rings is 1. The van der Waals surface area contributed by atoms with Gasteiger partial charge in [-0.2, -0.15) is 4.31 Å². The van der Waals surface area contributed by atoms with Gasteiger partial charge in [0, 0.05) is 30.4 Å². The van der Waals surface area contributed by atoms with Gasteiger partial charge in [-0.1, -0.05) is 0 Å². The summed E-state index contributed by atoms with van der Waals surface area (Å²) in [6.07, 6.45) is 3.56. The van der Waals surface area contributed by atoms with Gasteiger partial charge in [0.2, 0.25) is 10.0 Å². The number of fused-ring (bicyclic) bond motifs is 1. The topological polar surface area (TPSA) is 55.2 Å². The van der Waals surface area contributed by atoms with Gasteiger partial charge in [-0.05, 0) is 11.4 Å². The normalized spacial score (nSPS) is 16.5. The van der Waals surface area contributed by atoms with Gasteiger partial charge in [0.25, 0.3) is 0 Å². The van der Waals surface area contributed by atoms with Crippen LogP contribution in [0.15, 0.2) is 28.7 Å². The molecule has 0 spiro atoms. The number of halogens is 1. The van der Waals surface area contributed by atoms with E-state index in [4.69, 9.17) is 11.6 Å². The number of alkyl halides is 1. The van der Waals surface area contributed by atoms with Gasteiger partial charge in [-0.15, -0.1) is 22.9 Å². The molecular formula is C11H12ClN3O2S2. The van der Waals surface area contributed by atoms with Gasteiger partial charge in [0.05, 0.1) is 17.3 Å². The molecule has 0 aliphatic carbocycles. The van der Waals surface area contributed by atoms with E-state index in [0.29, 0.717) is 29.4 Å². The average Bonchev–Trinajstić information content (AvgIpc) is 3.06. The van der Waals surface area contributed by atoms with Gasteiger partial charge in [0.15, 0.2) is 0 Å². The Balaban J connectivity index is 1.94. The molecule has 5 nitrogen and oxygen atoms in total. The molecule has 3 heterocycles. The van der Waals surface area contributed by atoms with Crippen LogP contribution in [-0.2, 0) is 29.0 Å². The van der Waals surface area contributed by atoms with Crippen molar-refractivity contribution in [3.8, 4) is 0 Å². The van der Waals surface area contributed by atoms with Gasteiger partial charge >= 0.3 is 0 Å². The molecule has 0 saturated carbocycles. The van der Waals surface area contributed by atoms with Crippen LogP contribution in [0.25, 0.3) is 0 Å². The average molecular weight is 318 g/mol. The minimum atomic E-state index is -3.48. The van der Waals surface area contributed by atoms with Gasteiger partial charge in [0.1, 0.15) is 5.82 Å². The molecule has 0 radical (unpaired) electrons. The van der Waals surface area contributed by atoms with Crippen molar-refractivity contribution < 1.29 is 8.42 Å². The lowest BCUT2D eigenvalue weighted by molar-refractivity contribution is 0.335. The van der Waals surface area contributed by atoms with E-state index in [1.54, 1.807) is 17.6 Å². The lowest BCUT2D eigenvalue weighted by atomic mass is 10.4. The molecule has 1 aliphatic heterocycles. The molecule has 2 aromatic rings. The molecule has 19 heavy (non-hydrogen) atoms. The minimum absolute atomic E-state index is 0.217. The van der Waals surface area contributed by atoms with E-state index < -0.39 is 10.0 Å². The lowest BCUT2D eigenvalue weighted by Gasteiger charge is -2.26. The predicted molar refractivity (Wildman–Crippen MR) is 73.7 cm³/mol. The van der Waals surface area contributed by atoms with Crippen LogP contribution in [0.1, 0.15) is 10.7 Å². The summed E-state index contributed by atoms with van der Waals surface area (Å²) in [7, 11) is -3.48. The molecule has 8 heteroatoms. The summed E-state index contributed by atoms with van der Waals surface area (Å²) in [5.74, 6) is 0.992. The molecule has 0 fully saturated rings. The van der Waals surface area contributed by atoms with Gasteiger partial charge < -0.3 is 4.57 Å². The fourth-order valence-corrected chi connectivity index (χ4v) is 5.21. The van der Waals surface area contributed by atoms with Crippen molar-refractivity contribution in [2.45, 2.75) is 23.9 Å². The van der Waals surface area contributed by atoms with Gasteiger partial charge in [-0.3, -0.25) is 0 Å². The summed E-state index contributed by atoms with van der Waals surface area (Å²) < 4.78 is 28.6. The lowest BCUT2D eigenvalue weighted by Crippen LogP contribution is -2.38. The number of thiophene rings is 1. The van der Waals surface area contributed by atoms with Crippen LogP contribution < -0.4 is 0 Å². The summed E-state index contributed by atoms with van der Waals surface area (Å²) in [5.41, 5.74) is 0. The van der Waals surface area contributed by atoms with E-state index >= 15 is 0 Å². The van der Waals surface area contributed by atoms with Crippen LogP contribution >= 0.6 is 22.9 Å². The first kappa shape index (κ1) is 13.1. The largest absolute Gasteiger partial charge is 0.333 e. The zero-order valence-corrected chi connectivity index (χ0v) is 12.4. The second-order valence-corrected chi connectivity index (χ2v) is 7.39. The Bertz CT molecular complexity index is 692. The van der Waals surface area contributed by atoms with Gasteiger partial charge in [-0.25, -0.2) is 13.4 Å². The highest BCUT2D eigenvalue weighted by Gasteiger charge is 2.30. The summed E-state index contributed by atoms with van der Waals surface area (Å²) in [6.45, 7) is 1.41. The second-order valence-electron chi connectivity index (χ2n) is 4.22. The molecule has 0 bridgehead atoms. The first-order valence-corrected chi connectivity index (χ1v) is 8.61. The highest BCUT2D eigenvalue weighted by molar-refractivity contribution is 7.89. The van der Waals surface area contributed by atoms with Crippen LogP contribution in [0, 0.1) is 0 Å². The maximum Gasteiger partial charge on any atom is 0.244 e. The quantitative estimate of drug-likeness (QED) is 0.812. The Morgan fingerprint density at radius 2 is 2.26 bits per heavy atom. The Labute approximate surface area is 120 Å². The number of hydrogen-bond acceptors (Lipinski definition) is 4. The molecule has 2 aromatic heterocycles. The number of rotatable bonds is 3. The smallest absolute Gasteiger partial charge is 0.244 e. The van der Waals surface area contributed by atoms with Crippen LogP contribution in [0.2, 0.25) is 0 Å². The predicted octanol–water partition coefficient (Wildman–Crippen LogP) is 1.89. The first-order chi connectivity index (χ1) is 9.13. The van der Waals surface area contributed by atoms with Crippen molar-refractivity contribution in [3.63, 3.8) is 0 Å². The molecule has 0 aromatic carbocycles. The van der Waals surface area contributed by atoms with E-state index in [9.17, 15) is 8.42 Å². The Hall–Kier alpha value is -0.890. The van der Waals surface area contributed by atoms with Crippen molar-refractivity contribution in [1.29, 1.82) is 0 Å². The number of nitrogens with zero attached hydrogens (tertiary/aromatic N) is 3. The summed E-state index contributed by atoms with van der Waals surface area (Å²) in [6, 6.07) is 1.62. The molecule has 0 saturated heterocycles. The van der Waals surface area contributed by atoms with Crippen LogP contribution in [0.3, 0.4) is 0 Å². The first-order valence-electron chi connectivity index (χ1n) is 5.75. The summed E-state index contributed by atoms with van der Waals surface area (Å²) in [4.78, 5) is 5.19. The fraction of sp³-hybridized carbons (Fsp3) is 0.364. The third-order valence-electron chi connectivity index (χ3n) is 3.15. The van der Waals surface area contributed by atoms with E-state index in [1.165, 1.54) is 15.6 Å².